The van der Waals surface area contributed by atoms with E-state index in [2.05, 4.69) is 81.5 Å². The highest BCUT2D eigenvalue weighted by Gasteiger charge is 2.19. The van der Waals surface area contributed by atoms with Gasteiger partial charge in [0, 0.05) is 19.3 Å². The number of hydrogen-bond acceptors (Lipinski definition) is 6. The van der Waals surface area contributed by atoms with E-state index in [0.717, 1.165) is 77.0 Å². The molecule has 0 heterocycles. The first-order valence-electron chi connectivity index (χ1n) is 30.8. The van der Waals surface area contributed by atoms with Crippen molar-refractivity contribution in [3.63, 3.8) is 0 Å². The molecule has 0 saturated carbocycles. The Hall–Kier alpha value is -2.89. The molecular weight excluding hydrogens is 877 g/mol. The average molecular weight is 994 g/mol. The highest BCUT2D eigenvalue weighted by Crippen LogP contribution is 2.16. The van der Waals surface area contributed by atoms with E-state index in [1.54, 1.807) is 0 Å². The number of carbonyl (C=O) groups is 3. The van der Waals surface area contributed by atoms with Crippen molar-refractivity contribution >= 4 is 17.9 Å². The first-order chi connectivity index (χ1) is 35.0. The fraction of sp³-hybridized carbons (Fsp3) is 0.800. The molecule has 0 bridgehead atoms. The van der Waals surface area contributed by atoms with Gasteiger partial charge in [0.05, 0.1) is 0 Å². The van der Waals surface area contributed by atoms with Crippen LogP contribution in [0.1, 0.15) is 316 Å². The smallest absolute Gasteiger partial charge is 0.306 e. The third-order valence-corrected chi connectivity index (χ3v) is 13.5. The van der Waals surface area contributed by atoms with Crippen LogP contribution in [0, 0.1) is 0 Å². The number of esters is 3. The van der Waals surface area contributed by atoms with Crippen molar-refractivity contribution < 1.29 is 28.6 Å². The summed E-state index contributed by atoms with van der Waals surface area (Å²) in [5, 5.41) is 0. The molecule has 0 aliphatic rings. The van der Waals surface area contributed by atoms with Crippen LogP contribution in [0.4, 0.5) is 0 Å². The minimum atomic E-state index is -0.776. The number of unbranched alkanes of at least 4 members (excludes halogenated alkanes) is 35. The molecule has 0 saturated heterocycles. The number of allylic oxidation sites excluding steroid dienone is 10. The van der Waals surface area contributed by atoms with E-state index in [-0.39, 0.29) is 31.1 Å². The first-order valence-corrected chi connectivity index (χ1v) is 30.8. The SMILES string of the molecule is CCCCC/C=C\C/C=C\CCCCCCCCCCCC(=O)OC(COC(=O)CCCCCCCCCCC)COC(=O)CCCCCCCCCCCC/C=C\C/C=C\C/C=C\CCCCCCC. The highest BCUT2D eigenvalue weighted by molar-refractivity contribution is 5.71. The first kappa shape index (κ1) is 68.1. The standard InChI is InChI=1S/C65H116O6/c1-4-7-10-13-16-19-21-23-25-27-29-30-31-32-33-34-36-37-39-41-43-46-49-52-55-58-64(67)70-61-62(60-69-63(66)57-54-51-48-45-18-15-12-9-6-3)71-65(68)59-56-53-50-47-44-42-40-38-35-28-26-24-22-20-17-14-11-8-5-2/h17,20-21,23-24,26-27,29,31-32,62H,4-16,18-19,22,25,28,30,33-61H2,1-3H3/b20-17-,23-21-,26-24-,29-27-,32-31-. The number of hydrogen-bond donors (Lipinski definition) is 0. The largest absolute Gasteiger partial charge is 0.462 e. The Labute approximate surface area is 440 Å². The van der Waals surface area contributed by atoms with Crippen molar-refractivity contribution in [1.29, 1.82) is 0 Å². The third kappa shape index (κ3) is 57.9. The molecule has 0 aromatic rings. The molecule has 0 aliphatic heterocycles. The summed E-state index contributed by atoms with van der Waals surface area (Å²) in [4.78, 5) is 38.1. The Kier molecular flexibility index (Phi) is 57.2. The molecule has 0 spiro atoms. The van der Waals surface area contributed by atoms with Crippen LogP contribution in [-0.2, 0) is 28.6 Å². The molecule has 0 aliphatic carbocycles. The molecule has 0 aromatic heterocycles. The van der Waals surface area contributed by atoms with Gasteiger partial charge in [-0.05, 0) is 89.9 Å². The lowest BCUT2D eigenvalue weighted by Crippen LogP contribution is -2.30. The molecule has 1 atom stereocenters. The summed E-state index contributed by atoms with van der Waals surface area (Å²) in [6.07, 6.45) is 75.1. The molecule has 0 N–H and O–H groups in total. The predicted octanol–water partition coefficient (Wildman–Crippen LogP) is 20.8. The molecule has 0 aromatic carbocycles. The Morgan fingerprint density at radius 1 is 0.282 bits per heavy atom. The Morgan fingerprint density at radius 3 is 0.817 bits per heavy atom. The maximum atomic E-state index is 12.9. The van der Waals surface area contributed by atoms with Crippen LogP contribution in [0.2, 0.25) is 0 Å². The van der Waals surface area contributed by atoms with Gasteiger partial charge in [-0.3, -0.25) is 14.4 Å². The topological polar surface area (TPSA) is 78.9 Å². The molecule has 6 heteroatoms. The van der Waals surface area contributed by atoms with Gasteiger partial charge < -0.3 is 14.2 Å². The summed E-state index contributed by atoms with van der Waals surface area (Å²) in [5.41, 5.74) is 0. The van der Waals surface area contributed by atoms with Crippen LogP contribution in [0.3, 0.4) is 0 Å². The number of ether oxygens (including phenoxy) is 3. The van der Waals surface area contributed by atoms with Gasteiger partial charge in [-0.15, -0.1) is 0 Å². The molecular formula is C65H116O6. The van der Waals surface area contributed by atoms with E-state index in [1.165, 1.54) is 199 Å². The van der Waals surface area contributed by atoms with Gasteiger partial charge in [0.15, 0.2) is 6.10 Å². The van der Waals surface area contributed by atoms with Gasteiger partial charge in [0.25, 0.3) is 0 Å². The van der Waals surface area contributed by atoms with Gasteiger partial charge in [0.2, 0.25) is 0 Å². The second-order valence-electron chi connectivity index (χ2n) is 20.6. The van der Waals surface area contributed by atoms with Crippen LogP contribution < -0.4 is 0 Å². The quantitative estimate of drug-likeness (QED) is 0.0261. The van der Waals surface area contributed by atoms with E-state index < -0.39 is 6.10 Å². The summed E-state index contributed by atoms with van der Waals surface area (Å²) in [7, 11) is 0. The van der Waals surface area contributed by atoms with Gasteiger partial charge in [-0.2, -0.15) is 0 Å². The van der Waals surface area contributed by atoms with Crippen molar-refractivity contribution in [2.75, 3.05) is 13.2 Å². The molecule has 0 fully saturated rings. The molecule has 0 rings (SSSR count). The van der Waals surface area contributed by atoms with Crippen molar-refractivity contribution in [3.8, 4) is 0 Å². The molecule has 6 nitrogen and oxygen atoms in total. The van der Waals surface area contributed by atoms with Crippen molar-refractivity contribution in [2.45, 2.75) is 322 Å². The van der Waals surface area contributed by atoms with Crippen molar-refractivity contribution in [1.82, 2.24) is 0 Å². The maximum Gasteiger partial charge on any atom is 0.306 e. The zero-order valence-electron chi connectivity index (χ0n) is 47.2. The second kappa shape index (κ2) is 59.7. The summed E-state index contributed by atoms with van der Waals surface area (Å²) in [6.45, 7) is 6.61. The van der Waals surface area contributed by atoms with Crippen molar-refractivity contribution in [2.24, 2.45) is 0 Å². The van der Waals surface area contributed by atoms with E-state index in [4.69, 9.17) is 14.2 Å². The lowest BCUT2D eigenvalue weighted by Gasteiger charge is -2.18. The summed E-state index contributed by atoms with van der Waals surface area (Å²) in [6, 6.07) is 0. The molecule has 0 amide bonds. The number of rotatable bonds is 56. The number of carbonyl (C=O) groups excluding carboxylic acids is 3. The van der Waals surface area contributed by atoms with E-state index in [1.807, 2.05) is 0 Å². The fourth-order valence-corrected chi connectivity index (χ4v) is 8.83. The monoisotopic (exact) mass is 993 g/mol. The Morgan fingerprint density at radius 2 is 0.507 bits per heavy atom. The Balaban J connectivity index is 4.22. The maximum absolute atomic E-state index is 12.9. The third-order valence-electron chi connectivity index (χ3n) is 13.5. The second-order valence-corrected chi connectivity index (χ2v) is 20.6. The summed E-state index contributed by atoms with van der Waals surface area (Å²) < 4.78 is 16.9. The Bertz CT molecular complexity index is 1280. The zero-order valence-corrected chi connectivity index (χ0v) is 47.2. The van der Waals surface area contributed by atoms with Crippen LogP contribution in [0.25, 0.3) is 0 Å². The highest BCUT2D eigenvalue weighted by atomic mass is 16.6. The molecule has 1 unspecified atom stereocenters. The lowest BCUT2D eigenvalue weighted by molar-refractivity contribution is -0.167. The summed E-state index contributed by atoms with van der Waals surface area (Å²) in [5.74, 6) is -0.872. The van der Waals surface area contributed by atoms with Gasteiger partial charge in [-0.25, -0.2) is 0 Å². The van der Waals surface area contributed by atoms with E-state index >= 15 is 0 Å². The van der Waals surface area contributed by atoms with Gasteiger partial charge in [-0.1, -0.05) is 268 Å². The van der Waals surface area contributed by atoms with Crippen LogP contribution in [0.5, 0.6) is 0 Å². The van der Waals surface area contributed by atoms with Crippen LogP contribution in [-0.4, -0.2) is 37.2 Å². The minimum absolute atomic E-state index is 0.0746. The lowest BCUT2D eigenvalue weighted by atomic mass is 10.0. The van der Waals surface area contributed by atoms with Gasteiger partial charge in [0.1, 0.15) is 13.2 Å². The van der Waals surface area contributed by atoms with Crippen LogP contribution in [0.15, 0.2) is 60.8 Å². The van der Waals surface area contributed by atoms with E-state index in [9.17, 15) is 14.4 Å². The predicted molar refractivity (Wildman–Crippen MR) is 307 cm³/mol. The zero-order chi connectivity index (χ0) is 51.4. The molecule has 71 heavy (non-hydrogen) atoms. The van der Waals surface area contributed by atoms with Crippen LogP contribution >= 0.6 is 0 Å². The summed E-state index contributed by atoms with van der Waals surface area (Å²) >= 11 is 0. The average Bonchev–Trinajstić information content (AvgIpc) is 3.37. The van der Waals surface area contributed by atoms with Gasteiger partial charge >= 0.3 is 17.9 Å². The molecule has 0 radical (unpaired) electrons. The molecule has 412 valence electrons. The normalized spacial score (nSPS) is 12.4. The minimum Gasteiger partial charge on any atom is -0.462 e. The van der Waals surface area contributed by atoms with Crippen molar-refractivity contribution in [3.05, 3.63) is 60.8 Å². The van der Waals surface area contributed by atoms with E-state index in [0.29, 0.717) is 19.3 Å². The fourth-order valence-electron chi connectivity index (χ4n) is 8.83.